The van der Waals surface area contributed by atoms with Crippen molar-refractivity contribution in [2.24, 2.45) is 35.5 Å². The summed E-state index contributed by atoms with van der Waals surface area (Å²) in [5.74, 6) is -1.19. The maximum Gasteiger partial charge on any atom is 0.308 e. The molecule has 0 saturated carbocycles. The molecule has 16 heteroatoms. The zero-order valence-corrected chi connectivity index (χ0v) is 46.4. The van der Waals surface area contributed by atoms with Crippen molar-refractivity contribution in [3.8, 4) is 5.69 Å². The summed E-state index contributed by atoms with van der Waals surface area (Å²) in [6, 6.07) is 17.7. The van der Waals surface area contributed by atoms with Gasteiger partial charge in [-0.05, 0) is 114 Å². The number of aliphatic hydroxyl groups is 3. The number of rotatable bonds is 15. The molecule has 0 amide bonds. The van der Waals surface area contributed by atoms with Gasteiger partial charge in [0.2, 0.25) is 0 Å². The number of pyridine rings is 1. The number of carbonyl (C=O) groups is 2. The van der Waals surface area contributed by atoms with Gasteiger partial charge < -0.3 is 44.2 Å². The molecule has 14 atom stereocenters. The van der Waals surface area contributed by atoms with Crippen LogP contribution >= 0.6 is 0 Å². The molecule has 2 saturated heterocycles. The van der Waals surface area contributed by atoms with E-state index in [9.17, 15) is 24.9 Å². The second-order valence-corrected chi connectivity index (χ2v) is 22.8. The van der Waals surface area contributed by atoms with Gasteiger partial charge in [0.05, 0.1) is 66.2 Å². The minimum Gasteiger partial charge on any atom is -0.462 e. The highest BCUT2D eigenvalue weighted by Gasteiger charge is 2.47. The number of esters is 1. The van der Waals surface area contributed by atoms with Crippen LogP contribution in [-0.4, -0.2) is 165 Å². The predicted octanol–water partition coefficient (Wildman–Crippen LogP) is 7.09. The Balaban J connectivity index is 1.23. The topological polar surface area (TPSA) is 179 Å². The Labute approximate surface area is 445 Å². The number of anilines is 1. The highest BCUT2D eigenvalue weighted by Crippen LogP contribution is 2.36. The first-order valence-corrected chi connectivity index (χ1v) is 27.3. The van der Waals surface area contributed by atoms with Crippen LogP contribution in [0.5, 0.6) is 0 Å². The minimum atomic E-state index is -1.27. The van der Waals surface area contributed by atoms with Crippen molar-refractivity contribution in [1.29, 1.82) is 0 Å². The lowest BCUT2D eigenvalue weighted by Gasteiger charge is -2.47. The number of piperidine rings is 1. The number of aliphatic hydroxyl groups excluding tert-OH is 3. The highest BCUT2D eigenvalue weighted by atomic mass is 16.7. The fraction of sp³-hybridized carbons (Fsp3) is 0.610. The number of hydrogen-bond acceptors (Lipinski definition) is 15. The van der Waals surface area contributed by atoms with Crippen molar-refractivity contribution in [3.63, 3.8) is 0 Å². The number of ether oxygens (including phenoxy) is 3. The SMILES string of the molecule is CC[C@H]1OC(=O)C[C@@H](O)[C@H](C)[C@@H](O[C@@H]2O[C@H](C)[C@@H](O)[C@H](N(C)C)[C@H]2O)[C@@H](CCN(Cc2ccc(N(C)C)cc2)Cc2cn(-c3cnc4ccccc4c3)nn2)C[C@@H](C)C(=O)/C=C/C(C)=C/[C@@H]1CN1CC(C)CC(C)C1. The zero-order chi connectivity index (χ0) is 54.1. The van der Waals surface area contributed by atoms with Crippen LogP contribution < -0.4 is 4.90 Å². The molecule has 3 aliphatic heterocycles. The number of fused-ring (bicyclic) bond motifs is 1. The number of ketones is 1. The quantitative estimate of drug-likeness (QED) is 0.103. The normalized spacial score (nSPS) is 32.1. The van der Waals surface area contributed by atoms with E-state index in [1.54, 1.807) is 42.9 Å². The minimum absolute atomic E-state index is 0.0449. The number of likely N-dealkylation sites (N-methyl/N-ethyl adjacent to an activating group) is 1. The van der Waals surface area contributed by atoms with Crippen LogP contribution in [-0.2, 0) is 36.9 Å². The van der Waals surface area contributed by atoms with Gasteiger partial charge in [0.25, 0.3) is 0 Å². The number of likely N-dealkylation sites (tertiary alicyclic amines) is 1. The Morgan fingerprint density at radius 1 is 0.880 bits per heavy atom. The van der Waals surface area contributed by atoms with Gasteiger partial charge in [-0.25, -0.2) is 4.68 Å². The molecule has 5 heterocycles. The van der Waals surface area contributed by atoms with E-state index in [-0.39, 0.29) is 18.1 Å². The average Bonchev–Trinajstić information content (AvgIpc) is 3.84. The van der Waals surface area contributed by atoms with Crippen LogP contribution in [0.3, 0.4) is 0 Å². The van der Waals surface area contributed by atoms with Gasteiger partial charge in [-0.15, -0.1) is 5.10 Å². The Morgan fingerprint density at radius 2 is 1.60 bits per heavy atom. The standard InChI is InChI=1S/C59H86N8O8/c1-12-53-46(34-66-31-38(3)25-39(4)32-66)26-37(2)17-22-51(68)40(5)27-45(58(41(6)52(69)29-54(70)74-53)75-59-57(72)55(64(10)11)56(71)42(7)73-59)23-24-65(33-43-18-20-48(21-19-43)63(8)9)35-47-36-67(62-61-47)49-28-44-15-13-14-16-50(44)60-30-49/h13-22,26,28,30,36,38-42,45-46,52-53,55-59,69,71-72H,12,23-25,27,29,31-35H2,1-11H3/b22-17+,37-26+/t38?,39?,40-,41+,42-,45+,46-,52-,53-,55+,56-,57-,58-,59+/m1/s1. The van der Waals surface area contributed by atoms with E-state index < -0.39 is 72.7 Å². The van der Waals surface area contributed by atoms with E-state index >= 15 is 0 Å². The van der Waals surface area contributed by atoms with Crippen LogP contribution in [0, 0.1) is 35.5 Å². The van der Waals surface area contributed by atoms with E-state index in [4.69, 9.17) is 14.2 Å². The van der Waals surface area contributed by atoms with E-state index in [1.165, 1.54) is 6.42 Å². The summed E-state index contributed by atoms with van der Waals surface area (Å²) in [4.78, 5) is 41.8. The third-order valence-corrected chi connectivity index (χ3v) is 15.8. The smallest absolute Gasteiger partial charge is 0.308 e. The van der Waals surface area contributed by atoms with Gasteiger partial charge in [-0.2, -0.15) is 0 Å². The Bertz CT molecular complexity index is 2520. The summed E-state index contributed by atoms with van der Waals surface area (Å²) < 4.78 is 21.4. The Kier molecular flexibility index (Phi) is 20.4. The molecule has 16 nitrogen and oxygen atoms in total. The maximum absolute atomic E-state index is 14.4. The van der Waals surface area contributed by atoms with Crippen LogP contribution in [0.1, 0.15) is 91.8 Å². The number of nitrogens with zero attached hydrogens (tertiary/aromatic N) is 8. The maximum atomic E-state index is 14.4. The molecule has 2 aromatic carbocycles. The molecular formula is C59H86N8O8. The van der Waals surface area contributed by atoms with E-state index in [0.717, 1.165) is 52.2 Å². The lowest BCUT2D eigenvalue weighted by Crippen LogP contribution is -2.63. The number of cyclic esters (lactones) is 1. The summed E-state index contributed by atoms with van der Waals surface area (Å²) in [7, 11) is 7.61. The number of para-hydroxylation sites is 1. The number of aromatic nitrogens is 4. The van der Waals surface area contributed by atoms with Crippen molar-refractivity contribution >= 4 is 28.3 Å². The molecule has 0 spiro atoms. The molecule has 0 aliphatic carbocycles. The Morgan fingerprint density at radius 3 is 2.29 bits per heavy atom. The number of benzene rings is 2. The fourth-order valence-electron chi connectivity index (χ4n) is 11.7. The molecule has 7 rings (SSSR count). The zero-order valence-electron chi connectivity index (χ0n) is 46.4. The van der Waals surface area contributed by atoms with Crippen LogP contribution in [0.2, 0.25) is 0 Å². The van der Waals surface area contributed by atoms with Gasteiger partial charge >= 0.3 is 5.97 Å². The van der Waals surface area contributed by atoms with Crippen molar-refractivity contribution in [3.05, 3.63) is 102 Å². The third kappa shape index (κ3) is 15.4. The van der Waals surface area contributed by atoms with Crippen molar-refractivity contribution in [2.45, 2.75) is 143 Å². The third-order valence-electron chi connectivity index (χ3n) is 15.8. The summed E-state index contributed by atoms with van der Waals surface area (Å²) in [6.45, 7) is 18.2. The molecule has 2 unspecified atom stereocenters. The second-order valence-electron chi connectivity index (χ2n) is 22.8. The van der Waals surface area contributed by atoms with Crippen molar-refractivity contribution < 1.29 is 39.1 Å². The van der Waals surface area contributed by atoms with E-state index in [0.29, 0.717) is 57.3 Å². The molecule has 4 aromatic rings. The monoisotopic (exact) mass is 1030 g/mol. The highest BCUT2D eigenvalue weighted by molar-refractivity contribution is 5.91. The second kappa shape index (κ2) is 26.4. The summed E-state index contributed by atoms with van der Waals surface area (Å²) in [6.07, 6.45) is 5.01. The Hall–Kier alpha value is -4.91. The first-order valence-electron chi connectivity index (χ1n) is 27.3. The van der Waals surface area contributed by atoms with Crippen molar-refractivity contribution in [2.75, 3.05) is 59.3 Å². The predicted molar refractivity (Wildman–Crippen MR) is 293 cm³/mol. The molecule has 410 valence electrons. The van der Waals surface area contributed by atoms with Gasteiger partial charge in [-0.1, -0.05) is 87.9 Å². The summed E-state index contributed by atoms with van der Waals surface area (Å²) >= 11 is 0. The molecule has 0 bridgehead atoms. The van der Waals surface area contributed by atoms with Gasteiger partial charge in [0, 0.05) is 75.6 Å². The van der Waals surface area contributed by atoms with Crippen molar-refractivity contribution in [1.82, 2.24) is 34.7 Å². The number of hydrogen-bond donors (Lipinski definition) is 3. The largest absolute Gasteiger partial charge is 0.462 e. The van der Waals surface area contributed by atoms with Crippen LogP contribution in [0.4, 0.5) is 5.69 Å². The number of allylic oxidation sites excluding steroid dienone is 3. The van der Waals surface area contributed by atoms with E-state index in [2.05, 4.69) is 74.2 Å². The van der Waals surface area contributed by atoms with Gasteiger partial charge in [-0.3, -0.25) is 19.5 Å². The molecule has 3 aliphatic rings. The molecule has 0 radical (unpaired) electrons. The summed E-state index contributed by atoms with van der Waals surface area (Å²) in [5, 5.41) is 45.6. The van der Waals surface area contributed by atoms with Gasteiger partial charge in [0.1, 0.15) is 12.2 Å². The molecule has 75 heavy (non-hydrogen) atoms. The molecule has 2 aromatic heterocycles. The van der Waals surface area contributed by atoms with Gasteiger partial charge in [0.15, 0.2) is 12.1 Å². The fourth-order valence-corrected chi connectivity index (χ4v) is 11.7. The van der Waals surface area contributed by atoms with E-state index in [1.807, 2.05) is 84.4 Å². The van der Waals surface area contributed by atoms with Crippen LogP contribution in [0.15, 0.2) is 90.8 Å². The first kappa shape index (κ1) is 57.8. The summed E-state index contributed by atoms with van der Waals surface area (Å²) in [5.41, 5.74) is 5.49. The number of carbonyl (C=O) groups excluding carboxylic acids is 2. The lowest BCUT2D eigenvalue weighted by atomic mass is 9.79. The molecular weight excluding hydrogens is 949 g/mol. The molecule has 3 N–H and O–H groups in total. The molecule has 2 fully saturated rings. The average molecular weight is 1040 g/mol. The lowest BCUT2D eigenvalue weighted by molar-refractivity contribution is -0.304. The first-order chi connectivity index (χ1) is 35.8. The van der Waals surface area contributed by atoms with Crippen LogP contribution in [0.25, 0.3) is 16.6 Å².